The van der Waals surface area contributed by atoms with E-state index in [0.29, 0.717) is 17.4 Å². The number of hydrogen-bond acceptors (Lipinski definition) is 5. The molecule has 0 radical (unpaired) electrons. The molecule has 0 aliphatic carbocycles. The Balaban J connectivity index is 3.08. The molecule has 9 heteroatoms. The molecular formula is C13H19ClN2O4S2. The third-order valence-electron chi connectivity index (χ3n) is 2.57. The first-order valence-corrected chi connectivity index (χ1v) is 9.49. The highest BCUT2D eigenvalue weighted by Crippen LogP contribution is 2.25. The van der Waals surface area contributed by atoms with Crippen molar-refractivity contribution in [3.8, 4) is 0 Å². The van der Waals surface area contributed by atoms with E-state index in [4.69, 9.17) is 16.7 Å². The normalized spacial score (nSPS) is 13.7. The molecule has 2 N–H and O–H groups in total. The van der Waals surface area contributed by atoms with Gasteiger partial charge in [-0.2, -0.15) is 0 Å². The van der Waals surface area contributed by atoms with Crippen molar-refractivity contribution in [1.29, 1.82) is 0 Å². The molecule has 124 valence electrons. The van der Waals surface area contributed by atoms with E-state index in [1.807, 2.05) is 13.8 Å². The lowest BCUT2D eigenvalue weighted by atomic mass is 10.1. The summed E-state index contributed by atoms with van der Waals surface area (Å²) in [7, 11) is -3.42. The van der Waals surface area contributed by atoms with Gasteiger partial charge in [-0.05, 0) is 18.4 Å². The van der Waals surface area contributed by atoms with E-state index in [9.17, 15) is 13.8 Å². The molecule has 0 aliphatic rings. The standard InChI is InChI=1S/C13H19ClN2O4S2/c1-9(2)3-4-11(18)15-22(20,16-12(19)5-6-17)13-7-10(14)8-21-13/h7-9,17H,3-6H2,1-2H3,(H,15,16,18,19,20). The number of hydrogen-bond donors (Lipinski definition) is 2. The number of halogens is 1. The van der Waals surface area contributed by atoms with Crippen LogP contribution in [0.3, 0.4) is 0 Å². The topological polar surface area (TPSA) is 95.8 Å². The molecule has 1 aromatic heterocycles. The highest BCUT2D eigenvalue weighted by atomic mass is 35.5. The van der Waals surface area contributed by atoms with E-state index in [0.717, 1.165) is 11.3 Å². The average Bonchev–Trinajstić information content (AvgIpc) is 2.84. The molecule has 0 aliphatic heterocycles. The number of amides is 2. The molecule has 1 aromatic rings. The zero-order valence-corrected chi connectivity index (χ0v) is 14.8. The summed E-state index contributed by atoms with van der Waals surface area (Å²) in [5, 5.41) is 10.7. The number of aliphatic hydroxyl groups is 1. The van der Waals surface area contributed by atoms with Gasteiger partial charge in [0.15, 0.2) is 9.92 Å². The van der Waals surface area contributed by atoms with Gasteiger partial charge >= 0.3 is 0 Å². The maximum atomic E-state index is 12.9. The van der Waals surface area contributed by atoms with Crippen LogP contribution in [0.25, 0.3) is 0 Å². The van der Waals surface area contributed by atoms with Crippen molar-refractivity contribution in [2.24, 2.45) is 10.3 Å². The van der Waals surface area contributed by atoms with Crippen LogP contribution in [0.2, 0.25) is 5.02 Å². The molecule has 6 nitrogen and oxygen atoms in total. The molecule has 0 bridgehead atoms. The highest BCUT2D eigenvalue weighted by molar-refractivity contribution is 7.94. The van der Waals surface area contributed by atoms with Gasteiger partial charge < -0.3 is 5.11 Å². The minimum atomic E-state index is -3.42. The van der Waals surface area contributed by atoms with Crippen LogP contribution in [0.1, 0.15) is 33.1 Å². The molecule has 0 aromatic carbocycles. The number of carbonyl (C=O) groups excluding carboxylic acids is 2. The largest absolute Gasteiger partial charge is 0.396 e. The summed E-state index contributed by atoms with van der Waals surface area (Å²) in [6.45, 7) is 3.55. The summed E-state index contributed by atoms with van der Waals surface area (Å²) in [5.41, 5.74) is 0. The van der Waals surface area contributed by atoms with Crippen LogP contribution >= 0.6 is 22.9 Å². The average molecular weight is 367 g/mol. The molecule has 0 spiro atoms. The molecule has 1 atom stereocenters. The number of nitrogens with one attached hydrogen (secondary N) is 1. The van der Waals surface area contributed by atoms with Gasteiger partial charge in [-0.3, -0.25) is 14.3 Å². The first-order chi connectivity index (χ1) is 10.3. The summed E-state index contributed by atoms with van der Waals surface area (Å²) in [4.78, 5) is 23.5. The van der Waals surface area contributed by atoms with Gasteiger partial charge in [0.2, 0.25) is 5.91 Å². The van der Waals surface area contributed by atoms with Crippen LogP contribution < -0.4 is 4.72 Å². The number of aliphatic hydroxyl groups excluding tert-OH is 1. The fourth-order valence-electron chi connectivity index (χ4n) is 1.47. The minimum Gasteiger partial charge on any atom is -0.396 e. The summed E-state index contributed by atoms with van der Waals surface area (Å²) in [6, 6.07) is 1.41. The number of carbonyl (C=O) groups is 2. The summed E-state index contributed by atoms with van der Waals surface area (Å²) < 4.78 is 19.1. The maximum Gasteiger partial charge on any atom is 0.255 e. The van der Waals surface area contributed by atoms with Gasteiger partial charge in [0, 0.05) is 11.8 Å². The Kier molecular flexibility index (Phi) is 7.47. The maximum absolute atomic E-state index is 12.9. The van der Waals surface area contributed by atoms with E-state index in [1.165, 1.54) is 6.07 Å². The SMILES string of the molecule is CC(C)CCC(=O)N=S(=O)(NC(=O)CCO)c1cc(Cl)cs1. The van der Waals surface area contributed by atoms with Crippen molar-refractivity contribution in [1.82, 2.24) is 4.72 Å². The van der Waals surface area contributed by atoms with Gasteiger partial charge in [0.1, 0.15) is 4.21 Å². The first-order valence-electron chi connectivity index (χ1n) is 6.72. The van der Waals surface area contributed by atoms with E-state index < -0.39 is 21.7 Å². The first kappa shape index (κ1) is 19.1. The molecule has 2 amide bonds. The second-order valence-electron chi connectivity index (χ2n) is 5.03. The van der Waals surface area contributed by atoms with Crippen LogP contribution in [0.4, 0.5) is 0 Å². The predicted octanol–water partition coefficient (Wildman–Crippen LogP) is 2.60. The van der Waals surface area contributed by atoms with Crippen LogP contribution in [0.5, 0.6) is 0 Å². The lowest BCUT2D eigenvalue weighted by Crippen LogP contribution is -2.31. The zero-order chi connectivity index (χ0) is 16.8. The Bertz CT molecular complexity index is 648. The monoisotopic (exact) mass is 366 g/mol. The van der Waals surface area contributed by atoms with Gasteiger partial charge in [0.05, 0.1) is 18.1 Å². The quantitative estimate of drug-likeness (QED) is 0.775. The van der Waals surface area contributed by atoms with Crippen molar-refractivity contribution >= 4 is 44.7 Å². The molecule has 0 saturated heterocycles. The third kappa shape index (κ3) is 6.04. The fraction of sp³-hybridized carbons (Fsp3) is 0.538. The Morgan fingerprint density at radius 3 is 2.64 bits per heavy atom. The van der Waals surface area contributed by atoms with E-state index in [-0.39, 0.29) is 23.7 Å². The summed E-state index contributed by atoms with van der Waals surface area (Å²) in [6.07, 6.45) is 0.559. The minimum absolute atomic E-state index is 0.156. The Hall–Kier alpha value is -0.960. The Labute approximate surface area is 139 Å². The van der Waals surface area contributed by atoms with Crippen molar-refractivity contribution < 1.29 is 18.9 Å². The number of thiophene rings is 1. The molecular weight excluding hydrogens is 348 g/mol. The van der Waals surface area contributed by atoms with Crippen LogP contribution in [-0.4, -0.2) is 27.7 Å². The zero-order valence-electron chi connectivity index (χ0n) is 12.4. The molecule has 1 rings (SSSR count). The molecule has 22 heavy (non-hydrogen) atoms. The fourth-order valence-corrected chi connectivity index (χ4v) is 4.54. The number of rotatable bonds is 7. The summed E-state index contributed by atoms with van der Waals surface area (Å²) >= 11 is 6.86. The molecule has 1 unspecified atom stereocenters. The summed E-state index contributed by atoms with van der Waals surface area (Å²) in [5.74, 6) is -0.861. The van der Waals surface area contributed by atoms with Crippen molar-refractivity contribution in [3.05, 3.63) is 16.5 Å². The van der Waals surface area contributed by atoms with Crippen LogP contribution in [0, 0.1) is 5.92 Å². The van der Waals surface area contributed by atoms with E-state index >= 15 is 0 Å². The lowest BCUT2D eigenvalue weighted by Gasteiger charge is -2.10. The van der Waals surface area contributed by atoms with E-state index in [2.05, 4.69) is 9.08 Å². The van der Waals surface area contributed by atoms with Gasteiger partial charge in [0.25, 0.3) is 5.91 Å². The van der Waals surface area contributed by atoms with Crippen LogP contribution in [0.15, 0.2) is 20.0 Å². The highest BCUT2D eigenvalue weighted by Gasteiger charge is 2.20. The molecule has 0 fully saturated rings. The van der Waals surface area contributed by atoms with Gasteiger partial charge in [-0.1, -0.05) is 25.4 Å². The van der Waals surface area contributed by atoms with Gasteiger partial charge in [-0.25, -0.2) is 4.21 Å². The predicted molar refractivity (Wildman–Crippen MR) is 87.1 cm³/mol. The number of nitrogens with zero attached hydrogens (tertiary/aromatic N) is 1. The smallest absolute Gasteiger partial charge is 0.255 e. The molecule has 0 saturated carbocycles. The third-order valence-corrected chi connectivity index (χ3v) is 6.24. The van der Waals surface area contributed by atoms with Gasteiger partial charge in [-0.15, -0.1) is 15.7 Å². The molecule has 1 heterocycles. The van der Waals surface area contributed by atoms with E-state index in [1.54, 1.807) is 5.38 Å². The van der Waals surface area contributed by atoms with Crippen molar-refractivity contribution in [3.63, 3.8) is 0 Å². The Morgan fingerprint density at radius 2 is 2.14 bits per heavy atom. The lowest BCUT2D eigenvalue weighted by molar-refractivity contribution is -0.119. The van der Waals surface area contributed by atoms with Crippen LogP contribution in [-0.2, 0) is 19.5 Å². The Morgan fingerprint density at radius 1 is 1.45 bits per heavy atom. The second-order valence-corrected chi connectivity index (χ2v) is 8.51. The second kappa shape index (κ2) is 8.61. The van der Waals surface area contributed by atoms with Crippen molar-refractivity contribution in [2.75, 3.05) is 6.61 Å². The van der Waals surface area contributed by atoms with Crippen molar-refractivity contribution in [2.45, 2.75) is 37.3 Å².